The first-order valence-corrected chi connectivity index (χ1v) is 28.9. The molecule has 14 nitrogen and oxygen atoms in total. The fourth-order valence-corrected chi connectivity index (χ4v) is 11.5. The number of hydrogen-bond donors (Lipinski definition) is 2. The molecule has 0 atom stereocenters. The first kappa shape index (κ1) is 55.1. The van der Waals surface area contributed by atoms with Gasteiger partial charge in [0.15, 0.2) is 11.6 Å². The van der Waals surface area contributed by atoms with Crippen molar-refractivity contribution in [2.24, 2.45) is 0 Å². The topological polar surface area (TPSA) is 184 Å². The third kappa shape index (κ3) is 9.45. The van der Waals surface area contributed by atoms with Crippen molar-refractivity contribution in [2.45, 2.75) is 105 Å². The molecule has 86 heavy (non-hydrogen) atoms. The van der Waals surface area contributed by atoms with Gasteiger partial charge in [-0.3, -0.25) is 19.2 Å². The number of carbonyl (C=O) groups is 4. The third-order valence-electron chi connectivity index (χ3n) is 16.5. The van der Waals surface area contributed by atoms with E-state index in [0.29, 0.717) is 78.8 Å². The van der Waals surface area contributed by atoms with E-state index in [1.807, 2.05) is 48.6 Å². The molecule has 0 saturated carbocycles. The molecule has 14 heteroatoms. The Morgan fingerprint density at radius 2 is 0.593 bits per heavy atom. The maximum absolute atomic E-state index is 13.7. The summed E-state index contributed by atoms with van der Waals surface area (Å²) >= 11 is 0. The normalized spacial score (nSPS) is 14.2. The molecule has 0 unspecified atom stereocenters. The lowest BCUT2D eigenvalue weighted by Crippen LogP contribution is -2.29. The van der Waals surface area contributed by atoms with Crippen LogP contribution in [0.1, 0.15) is 170 Å². The van der Waals surface area contributed by atoms with Crippen molar-refractivity contribution in [3.63, 3.8) is 0 Å². The minimum Gasteiger partial charge on any atom is -0.354 e. The van der Waals surface area contributed by atoms with Gasteiger partial charge in [-0.25, -0.2) is 39.7 Å². The second-order valence-electron chi connectivity index (χ2n) is 26.6. The second kappa shape index (κ2) is 19.8. The lowest BCUT2D eigenvalue weighted by Gasteiger charge is -2.26. The van der Waals surface area contributed by atoms with Gasteiger partial charge in [-0.15, -0.1) is 0 Å². The van der Waals surface area contributed by atoms with Crippen LogP contribution < -0.4 is 9.80 Å². The summed E-state index contributed by atoms with van der Waals surface area (Å²) in [6.07, 6.45) is 14.1. The molecule has 0 radical (unpaired) electrons. The molecule has 8 bridgehead atoms. The van der Waals surface area contributed by atoms with Crippen molar-refractivity contribution in [3.05, 3.63) is 201 Å². The van der Waals surface area contributed by atoms with Crippen LogP contribution in [0.4, 0.5) is 11.4 Å². The molecule has 4 amide bonds. The van der Waals surface area contributed by atoms with Gasteiger partial charge < -0.3 is 9.97 Å². The Bertz CT molecular complexity index is 4220. The van der Waals surface area contributed by atoms with Crippen LogP contribution in [-0.2, 0) is 21.7 Å². The van der Waals surface area contributed by atoms with Crippen molar-refractivity contribution in [2.75, 3.05) is 9.80 Å². The van der Waals surface area contributed by atoms with Gasteiger partial charge in [0.1, 0.15) is 0 Å². The molecule has 0 fully saturated rings. The Morgan fingerprint density at radius 1 is 0.337 bits per heavy atom. The minimum atomic E-state index is -0.441. The summed E-state index contributed by atoms with van der Waals surface area (Å²) in [6.45, 7) is 26.6. The predicted octanol–water partition coefficient (Wildman–Crippen LogP) is 15.7. The second-order valence-corrected chi connectivity index (χ2v) is 26.6. The molecule has 2 N–H and O–H groups in total. The number of amides is 4. The van der Waals surface area contributed by atoms with E-state index in [4.69, 9.17) is 29.9 Å². The molecule has 9 aromatic rings. The van der Waals surface area contributed by atoms with Gasteiger partial charge in [0.25, 0.3) is 23.6 Å². The minimum absolute atomic E-state index is 0.222. The predicted molar refractivity (Wildman–Crippen MR) is 342 cm³/mol. The van der Waals surface area contributed by atoms with Crippen LogP contribution in [-0.4, -0.2) is 63.5 Å². The maximum atomic E-state index is 13.7. The zero-order valence-corrected chi connectivity index (χ0v) is 50.2. The van der Waals surface area contributed by atoms with Gasteiger partial charge in [0, 0.05) is 22.2 Å². The lowest BCUT2D eigenvalue weighted by molar-refractivity contribution is 0.0910. The van der Waals surface area contributed by atoms with E-state index >= 15 is 0 Å². The van der Waals surface area contributed by atoms with E-state index in [2.05, 4.69) is 129 Å². The van der Waals surface area contributed by atoms with Crippen LogP contribution in [0.2, 0.25) is 0 Å². The average Bonchev–Trinajstić information content (AvgIpc) is 1.71. The van der Waals surface area contributed by atoms with E-state index < -0.39 is 23.6 Å². The number of nitrogens with zero attached hydrogens (tertiary/aromatic N) is 8. The number of carbonyl (C=O) groups excluding carboxylic acids is 4. The molecule has 4 aromatic carbocycles. The Hall–Kier alpha value is -10.1. The molecular formula is C72H64N10O4. The highest BCUT2D eigenvalue weighted by Gasteiger charge is 2.38. The van der Waals surface area contributed by atoms with Crippen LogP contribution in [0.3, 0.4) is 0 Å². The highest BCUT2D eigenvalue weighted by Crippen LogP contribution is 2.43. The fourth-order valence-electron chi connectivity index (χ4n) is 11.5. The molecule has 0 saturated heterocycles. The third-order valence-corrected chi connectivity index (χ3v) is 16.5. The zero-order chi connectivity index (χ0) is 60.5. The summed E-state index contributed by atoms with van der Waals surface area (Å²) in [7, 11) is 0. The van der Waals surface area contributed by atoms with Crippen molar-refractivity contribution < 1.29 is 19.2 Å². The van der Waals surface area contributed by atoms with Crippen LogP contribution in [0, 0.1) is 0 Å². The average molecular weight is 1130 g/mol. The SMILES string of the molecule is CC(C)(C)c1cc(-c2c3nc(c(-c4ncc(N5C(=O)c6ccccc6C5=O)cn4)c4ccc([nH]4)c(-c4cc(C(C)(C)C)cc(C(C)(C)C)c4)c4nc(c(-c5ncc(N6C(=O)c7ccccc7C6=O)cn5)c5ccc2[nH]5)C=C4)C=C3)cc(C(C)(C)C)c1. The lowest BCUT2D eigenvalue weighted by atomic mass is 9.78. The van der Waals surface area contributed by atoms with Crippen molar-refractivity contribution in [3.8, 4) is 45.0 Å². The molecule has 4 aliphatic rings. The van der Waals surface area contributed by atoms with Crippen molar-refractivity contribution >= 4 is 81.4 Å². The number of aromatic amines is 2. The van der Waals surface area contributed by atoms with Crippen molar-refractivity contribution in [1.82, 2.24) is 39.9 Å². The summed E-state index contributed by atoms with van der Waals surface area (Å²) in [5, 5.41) is 0. The Morgan fingerprint density at radius 3 is 0.860 bits per heavy atom. The van der Waals surface area contributed by atoms with E-state index in [1.165, 1.54) is 24.8 Å². The van der Waals surface area contributed by atoms with Crippen LogP contribution >= 0.6 is 0 Å². The van der Waals surface area contributed by atoms with Gasteiger partial charge >= 0.3 is 0 Å². The van der Waals surface area contributed by atoms with Gasteiger partial charge in [-0.05, 0) is 128 Å². The molecule has 5 aromatic heterocycles. The zero-order valence-electron chi connectivity index (χ0n) is 50.2. The Labute approximate surface area is 498 Å². The smallest absolute Gasteiger partial charge is 0.266 e. The molecule has 0 aliphatic carbocycles. The van der Waals surface area contributed by atoms with E-state index in [-0.39, 0.29) is 33.0 Å². The number of rotatable bonds is 6. The van der Waals surface area contributed by atoms with Crippen LogP contribution in [0.25, 0.3) is 91.4 Å². The first-order chi connectivity index (χ1) is 40.8. The summed E-state index contributed by atoms with van der Waals surface area (Å²) in [5.41, 5.74) is 15.5. The number of aromatic nitrogens is 8. The number of nitrogens with one attached hydrogen (secondary N) is 2. The Balaban J connectivity index is 1.12. The molecule has 13 rings (SSSR count). The van der Waals surface area contributed by atoms with Gasteiger partial charge in [0.2, 0.25) is 0 Å². The molecule has 426 valence electrons. The number of benzene rings is 4. The monoisotopic (exact) mass is 1130 g/mol. The fraction of sp³-hybridized carbons (Fsp3) is 0.222. The van der Waals surface area contributed by atoms with Gasteiger partial charge in [-0.2, -0.15) is 0 Å². The highest BCUT2D eigenvalue weighted by atomic mass is 16.2. The first-order valence-electron chi connectivity index (χ1n) is 28.9. The molecule has 4 aliphatic heterocycles. The van der Waals surface area contributed by atoms with E-state index in [1.54, 1.807) is 48.5 Å². The summed E-state index contributed by atoms with van der Waals surface area (Å²) in [4.78, 5) is 95.8. The summed E-state index contributed by atoms with van der Waals surface area (Å²) < 4.78 is 0. The number of fused-ring (bicyclic) bond motifs is 10. The largest absolute Gasteiger partial charge is 0.354 e. The summed E-state index contributed by atoms with van der Waals surface area (Å²) in [5.74, 6) is -1.14. The summed E-state index contributed by atoms with van der Waals surface area (Å²) in [6, 6.07) is 35.2. The quantitative estimate of drug-likeness (QED) is 0.152. The number of hydrogen-bond acceptors (Lipinski definition) is 10. The number of H-pyrrole nitrogens is 2. The molecular weight excluding hydrogens is 1070 g/mol. The Kier molecular flexibility index (Phi) is 12.7. The standard InChI is InChI=1S/C72H64N10O4/c1-69(2,3)41-29-39(30-42(33-41)70(4,5)6)59-51-21-25-55(77-51)61(63-73-35-45(36-74-63)81-65(83)47-17-13-14-18-48(47)66(81)84)57-27-23-53(79-57)60(40-31-43(71(7,8)9)34-44(32-40)72(10,11)12)54-24-28-58(80-54)62(56-26-22-52(59)78-56)64-75-37-46(38-76-64)82-67(85)49-19-15-16-20-50(49)68(82)86/h13-38,77,80H,1-12H3. The van der Waals surface area contributed by atoms with Crippen LogP contribution in [0.5, 0.6) is 0 Å². The van der Waals surface area contributed by atoms with Crippen LogP contribution in [0.15, 0.2) is 134 Å². The molecule has 0 spiro atoms. The number of imide groups is 2. The van der Waals surface area contributed by atoms with Crippen molar-refractivity contribution in [1.29, 1.82) is 0 Å². The molecule has 9 heterocycles. The highest BCUT2D eigenvalue weighted by molar-refractivity contribution is 6.35. The van der Waals surface area contributed by atoms with Gasteiger partial charge in [0.05, 0.1) is 103 Å². The van der Waals surface area contributed by atoms with E-state index in [9.17, 15) is 19.2 Å². The van der Waals surface area contributed by atoms with Gasteiger partial charge in [-0.1, -0.05) is 144 Å². The number of anilines is 2. The van der Waals surface area contributed by atoms with E-state index in [0.717, 1.165) is 65.3 Å². The maximum Gasteiger partial charge on any atom is 0.266 e.